The molecule has 6 N–H and O–H groups in total. The number of hydroxylamine groups is 2. The lowest BCUT2D eigenvalue weighted by Gasteiger charge is -2.18. The lowest BCUT2D eigenvalue weighted by molar-refractivity contribution is -0.152. The number of carboxylic acid groups (broad SMARTS) is 1. The summed E-state index contributed by atoms with van der Waals surface area (Å²) in [6.07, 6.45) is -0.000527. The molecule has 1 fully saturated rings. The van der Waals surface area contributed by atoms with Crippen LogP contribution >= 0.6 is 12.4 Å². The van der Waals surface area contributed by atoms with Crippen molar-refractivity contribution in [2.45, 2.75) is 49.8 Å². The summed E-state index contributed by atoms with van der Waals surface area (Å²) in [6.45, 7) is 2.36. The molecule has 1 aromatic heterocycles. The maximum absolute atomic E-state index is 12.6. The predicted molar refractivity (Wildman–Crippen MR) is 130 cm³/mol. The molecule has 1 aliphatic heterocycles. The van der Waals surface area contributed by atoms with Gasteiger partial charge in [-0.2, -0.15) is 9.79 Å². The summed E-state index contributed by atoms with van der Waals surface area (Å²) in [7, 11) is -2.50. The number of aromatic nitrogens is 1. The standard InChI is InChI=1S/C21H28N6O7S.ClH/c1-11-19(12(2)33-25-11)35(31,32)26-16(21(29)30)10-24-18(28)9-15-8-17(27(3)34-15)13-4-6-14(7-5-13)20(22)23;/h4-7,15-17,26H,8-10H2,1-3H3,(H3,22,23)(H,24,28)(H,29,30);1H/t15-,16-,17+;/m0./s1. The van der Waals surface area contributed by atoms with Gasteiger partial charge in [-0.05, 0) is 25.8 Å². The van der Waals surface area contributed by atoms with Crippen LogP contribution in [0.4, 0.5) is 0 Å². The van der Waals surface area contributed by atoms with Gasteiger partial charge in [-0.25, -0.2) is 8.42 Å². The molecule has 36 heavy (non-hydrogen) atoms. The van der Waals surface area contributed by atoms with Crippen LogP contribution in [0.2, 0.25) is 0 Å². The van der Waals surface area contributed by atoms with Gasteiger partial charge < -0.3 is 20.7 Å². The van der Waals surface area contributed by atoms with E-state index in [1.54, 1.807) is 24.2 Å². The van der Waals surface area contributed by atoms with Gasteiger partial charge in [0.05, 0.1) is 18.6 Å². The third-order valence-corrected chi connectivity index (χ3v) is 7.31. The number of nitrogens with zero attached hydrogens (tertiary/aromatic N) is 2. The highest BCUT2D eigenvalue weighted by Gasteiger charge is 2.34. The number of nitrogen functional groups attached to an aromatic ring is 1. The van der Waals surface area contributed by atoms with Crippen molar-refractivity contribution >= 4 is 40.1 Å². The number of carboxylic acids is 1. The maximum Gasteiger partial charge on any atom is 0.323 e. The van der Waals surface area contributed by atoms with Crippen molar-refractivity contribution in [1.29, 1.82) is 5.41 Å². The number of sulfonamides is 1. The monoisotopic (exact) mass is 544 g/mol. The van der Waals surface area contributed by atoms with E-state index in [-0.39, 0.29) is 47.1 Å². The Labute approximate surface area is 214 Å². The summed E-state index contributed by atoms with van der Waals surface area (Å²) in [6, 6.07) is 5.43. The molecule has 1 aliphatic rings. The summed E-state index contributed by atoms with van der Waals surface area (Å²) in [5.74, 6) is -1.95. The Morgan fingerprint density at radius 3 is 2.47 bits per heavy atom. The van der Waals surface area contributed by atoms with Crippen LogP contribution in [-0.2, 0) is 24.4 Å². The molecule has 198 valence electrons. The van der Waals surface area contributed by atoms with Gasteiger partial charge >= 0.3 is 5.97 Å². The number of amidine groups is 1. The van der Waals surface area contributed by atoms with Crippen LogP contribution in [0.15, 0.2) is 33.7 Å². The van der Waals surface area contributed by atoms with E-state index in [0.29, 0.717) is 12.0 Å². The molecule has 2 heterocycles. The highest BCUT2D eigenvalue weighted by Crippen LogP contribution is 2.34. The van der Waals surface area contributed by atoms with E-state index in [2.05, 4.69) is 15.2 Å². The molecule has 15 heteroatoms. The average Bonchev–Trinajstić information content (AvgIpc) is 3.32. The highest BCUT2D eigenvalue weighted by atomic mass is 35.5. The first-order valence-electron chi connectivity index (χ1n) is 10.7. The van der Waals surface area contributed by atoms with E-state index in [0.717, 1.165) is 5.56 Å². The Hall–Kier alpha value is -3.04. The van der Waals surface area contributed by atoms with Gasteiger partial charge in [-0.15, -0.1) is 12.4 Å². The van der Waals surface area contributed by atoms with Crippen LogP contribution in [0.3, 0.4) is 0 Å². The first-order chi connectivity index (χ1) is 16.4. The third-order valence-electron chi connectivity index (χ3n) is 5.60. The van der Waals surface area contributed by atoms with Crippen LogP contribution in [0, 0.1) is 19.3 Å². The van der Waals surface area contributed by atoms with E-state index in [1.165, 1.54) is 13.8 Å². The number of benzene rings is 1. The summed E-state index contributed by atoms with van der Waals surface area (Å²) >= 11 is 0. The molecular formula is C21H29ClN6O7S. The molecule has 1 aromatic carbocycles. The van der Waals surface area contributed by atoms with Crippen molar-refractivity contribution in [3.05, 3.63) is 46.8 Å². The minimum absolute atomic E-state index is 0. The van der Waals surface area contributed by atoms with Crippen molar-refractivity contribution in [3.63, 3.8) is 0 Å². The van der Waals surface area contributed by atoms with Crippen molar-refractivity contribution in [2.75, 3.05) is 13.6 Å². The van der Waals surface area contributed by atoms with Gasteiger partial charge in [0, 0.05) is 19.2 Å². The number of rotatable bonds is 10. The number of hydrogen-bond acceptors (Lipinski definition) is 9. The topological polar surface area (TPSA) is 201 Å². The van der Waals surface area contributed by atoms with Crippen LogP contribution in [-0.4, -0.2) is 67.2 Å². The number of nitrogens with one attached hydrogen (secondary N) is 3. The highest BCUT2D eigenvalue weighted by molar-refractivity contribution is 7.89. The Morgan fingerprint density at radius 1 is 1.31 bits per heavy atom. The molecule has 0 saturated carbocycles. The number of carbonyl (C=O) groups excluding carboxylic acids is 1. The lowest BCUT2D eigenvalue weighted by atomic mass is 9.99. The lowest BCUT2D eigenvalue weighted by Crippen LogP contribution is -2.48. The smallest absolute Gasteiger partial charge is 0.323 e. The first kappa shape index (κ1) is 29.2. The Morgan fingerprint density at radius 2 is 1.94 bits per heavy atom. The molecule has 0 aliphatic carbocycles. The second-order valence-corrected chi connectivity index (χ2v) is 9.89. The zero-order chi connectivity index (χ0) is 25.9. The number of aryl methyl sites for hydroxylation is 2. The molecule has 1 amide bonds. The molecule has 0 radical (unpaired) electrons. The second-order valence-electron chi connectivity index (χ2n) is 8.23. The number of nitrogens with two attached hydrogens (primary N) is 1. The van der Waals surface area contributed by atoms with Gasteiger partial charge in [0.25, 0.3) is 0 Å². The van der Waals surface area contributed by atoms with Gasteiger partial charge in [0.15, 0.2) is 5.76 Å². The van der Waals surface area contributed by atoms with E-state index in [1.807, 2.05) is 12.1 Å². The number of aliphatic carboxylic acids is 1. The zero-order valence-electron chi connectivity index (χ0n) is 19.8. The second kappa shape index (κ2) is 11.8. The average molecular weight is 545 g/mol. The van der Waals surface area contributed by atoms with Crippen molar-refractivity contribution < 1.29 is 32.5 Å². The molecule has 0 bridgehead atoms. The van der Waals surface area contributed by atoms with Crippen LogP contribution in [0.1, 0.15) is 41.5 Å². The molecule has 13 nitrogen and oxygen atoms in total. The Kier molecular flexibility index (Phi) is 9.57. The first-order valence-corrected chi connectivity index (χ1v) is 12.2. The van der Waals surface area contributed by atoms with Crippen LogP contribution < -0.4 is 15.8 Å². The zero-order valence-corrected chi connectivity index (χ0v) is 21.5. The summed E-state index contributed by atoms with van der Waals surface area (Å²) in [5, 5.41) is 24.6. The molecule has 2 aromatic rings. The maximum atomic E-state index is 12.6. The van der Waals surface area contributed by atoms with E-state index >= 15 is 0 Å². The molecule has 3 rings (SSSR count). The number of hydrogen-bond donors (Lipinski definition) is 5. The fraction of sp³-hybridized carbons (Fsp3) is 0.429. The minimum Gasteiger partial charge on any atom is -0.480 e. The summed E-state index contributed by atoms with van der Waals surface area (Å²) < 4.78 is 32.1. The fourth-order valence-electron chi connectivity index (χ4n) is 3.88. The van der Waals surface area contributed by atoms with E-state index in [9.17, 15) is 23.1 Å². The summed E-state index contributed by atoms with van der Waals surface area (Å²) in [4.78, 5) is 29.6. The summed E-state index contributed by atoms with van der Waals surface area (Å²) in [5.41, 5.74) is 7.11. The van der Waals surface area contributed by atoms with Crippen molar-refractivity contribution in [1.82, 2.24) is 20.3 Å². The van der Waals surface area contributed by atoms with Crippen molar-refractivity contribution in [2.24, 2.45) is 5.73 Å². The molecule has 0 spiro atoms. The number of amides is 1. The van der Waals surface area contributed by atoms with Gasteiger partial charge in [0.1, 0.15) is 22.5 Å². The normalized spacial score (nSPS) is 18.9. The molecule has 0 unspecified atom stereocenters. The molecular weight excluding hydrogens is 516 g/mol. The SMILES string of the molecule is Cc1noc(C)c1S(=O)(=O)N[C@@H](CNC(=O)C[C@@H]1C[C@H](c2ccc(C(=N)N)cc2)N(C)O1)C(=O)O.Cl. The quantitative estimate of drug-likeness (QED) is 0.208. The van der Waals surface area contributed by atoms with Crippen LogP contribution in [0.5, 0.6) is 0 Å². The Balaban J connectivity index is 0.00000456. The van der Waals surface area contributed by atoms with Crippen molar-refractivity contribution in [3.8, 4) is 0 Å². The minimum atomic E-state index is -4.24. The molecule has 3 atom stereocenters. The molecule has 1 saturated heterocycles. The fourth-order valence-corrected chi connectivity index (χ4v) is 5.40. The van der Waals surface area contributed by atoms with Gasteiger partial charge in [0.2, 0.25) is 15.9 Å². The third kappa shape index (κ3) is 6.79. The number of halogens is 1. The van der Waals surface area contributed by atoms with E-state index in [4.69, 9.17) is 20.5 Å². The predicted octanol–water partition coefficient (Wildman–Crippen LogP) is 0.612. The van der Waals surface area contributed by atoms with Gasteiger partial charge in [-0.1, -0.05) is 29.4 Å². The van der Waals surface area contributed by atoms with E-state index < -0.39 is 40.6 Å². The largest absolute Gasteiger partial charge is 0.480 e. The number of carbonyl (C=O) groups is 2. The Bertz CT molecular complexity index is 1200. The van der Waals surface area contributed by atoms with Crippen LogP contribution in [0.25, 0.3) is 0 Å². The van der Waals surface area contributed by atoms with Gasteiger partial charge in [-0.3, -0.25) is 19.8 Å².